The first-order valence-electron chi connectivity index (χ1n) is 14.5. The molecule has 2 aromatic carbocycles. The van der Waals surface area contributed by atoms with Crippen LogP contribution in [0.3, 0.4) is 0 Å². The number of hydrogen-bond acceptors (Lipinski definition) is 11. The quantitative estimate of drug-likeness (QED) is 0.315. The number of benzene rings is 2. The maximum Gasteiger partial charge on any atom is 0.586 e. The second-order valence-corrected chi connectivity index (χ2v) is 10.8. The zero-order valence-corrected chi connectivity index (χ0v) is 24.8. The molecular formula is C30H29F4N5O8. The molecule has 0 aliphatic carbocycles. The third-order valence-electron chi connectivity index (χ3n) is 7.61. The Balaban J connectivity index is 0.000000327. The number of likely N-dealkylation sites (tertiary alicyclic amines) is 1. The van der Waals surface area contributed by atoms with E-state index in [1.807, 2.05) is 0 Å². The minimum Gasteiger partial charge on any atom is -0.496 e. The Morgan fingerprint density at radius 1 is 0.872 bits per heavy atom. The zero-order valence-electron chi connectivity index (χ0n) is 24.8. The van der Waals surface area contributed by atoms with Gasteiger partial charge >= 0.3 is 12.6 Å². The predicted octanol–water partition coefficient (Wildman–Crippen LogP) is 4.69. The second kappa shape index (κ2) is 12.6. The number of aromatic nitrogens is 1. The summed E-state index contributed by atoms with van der Waals surface area (Å²) in [6.07, 6.45) is -2.36. The Morgan fingerprint density at radius 3 is 2.15 bits per heavy atom. The predicted molar refractivity (Wildman–Crippen MR) is 156 cm³/mol. The summed E-state index contributed by atoms with van der Waals surface area (Å²) >= 11 is 0. The van der Waals surface area contributed by atoms with Crippen LogP contribution in [0.4, 0.5) is 34.8 Å². The van der Waals surface area contributed by atoms with Gasteiger partial charge in [0.05, 0.1) is 37.6 Å². The zero-order chi connectivity index (χ0) is 33.3. The number of carbonyl (C=O) groups excluding carboxylic acids is 2. The van der Waals surface area contributed by atoms with E-state index in [0.717, 1.165) is 43.5 Å². The van der Waals surface area contributed by atoms with Crippen molar-refractivity contribution in [1.29, 1.82) is 0 Å². The fourth-order valence-electron chi connectivity index (χ4n) is 5.27. The van der Waals surface area contributed by atoms with E-state index in [1.165, 1.54) is 57.8 Å². The third kappa shape index (κ3) is 7.05. The third-order valence-corrected chi connectivity index (χ3v) is 7.61. The smallest absolute Gasteiger partial charge is 0.496 e. The molecule has 1 aromatic heterocycles. The molecule has 2 saturated heterocycles. The first-order chi connectivity index (χ1) is 22.4. The number of nitrogens with one attached hydrogen (secondary N) is 2. The number of nitrogens with zero attached hydrogens (tertiary/aromatic N) is 2. The van der Waals surface area contributed by atoms with E-state index in [9.17, 15) is 27.2 Å². The number of pyridine rings is 1. The van der Waals surface area contributed by atoms with Gasteiger partial charge in [0.15, 0.2) is 23.0 Å². The van der Waals surface area contributed by atoms with Crippen molar-refractivity contribution < 1.29 is 55.6 Å². The number of hydrogen-bond donors (Lipinski definition) is 3. The van der Waals surface area contributed by atoms with Gasteiger partial charge in [-0.05, 0) is 50.2 Å². The Hall–Kier alpha value is -5.03. The van der Waals surface area contributed by atoms with Crippen LogP contribution in [-0.4, -0.2) is 73.7 Å². The van der Waals surface area contributed by atoms with E-state index in [4.69, 9.17) is 15.2 Å². The maximum atomic E-state index is 13.7. The lowest BCUT2D eigenvalue weighted by Crippen LogP contribution is -2.50. The van der Waals surface area contributed by atoms with Crippen LogP contribution >= 0.6 is 0 Å². The first kappa shape index (κ1) is 31.9. The monoisotopic (exact) mass is 663 g/mol. The van der Waals surface area contributed by atoms with Crippen LogP contribution in [-0.2, 0) is 4.74 Å². The first-order valence-corrected chi connectivity index (χ1v) is 14.5. The Bertz CT molecular complexity index is 1680. The van der Waals surface area contributed by atoms with Crippen molar-refractivity contribution in [3.8, 4) is 28.7 Å². The standard InChI is InChI=1S/C22H14F4N4O7.C8H15NO/c1-33-13-4-5-28-18(27)17(13)20(32)30-11-8-16-15(36-22(25,26)37-16)7-10(11)19(31)29-9-2-3-12-14(6-9)35-21(23,24)34-12;1-2-4-9(5-3-1)8-6-10-7-8/h2-8H,1H3,(H2,27,28)(H,29,31)(H,30,32);8H,1-7H2. The highest BCUT2D eigenvalue weighted by atomic mass is 19.3. The van der Waals surface area contributed by atoms with Crippen LogP contribution in [0, 0.1) is 0 Å². The SMILES string of the molecule is C1CCN(C2COC2)CC1.COc1ccnc(N)c1C(=O)Nc1cc2c(cc1C(=O)Nc1ccc3c(c1)OC(F)(F)O3)OC(F)(F)O2. The van der Waals surface area contributed by atoms with Gasteiger partial charge in [-0.25, -0.2) is 4.98 Å². The van der Waals surface area contributed by atoms with E-state index in [-0.39, 0.29) is 45.6 Å². The highest BCUT2D eigenvalue weighted by Crippen LogP contribution is 2.45. The minimum absolute atomic E-state index is 0.0107. The lowest BCUT2D eigenvalue weighted by molar-refractivity contribution is -0.287. The number of alkyl halides is 4. The van der Waals surface area contributed by atoms with Gasteiger partial charge in [-0.3, -0.25) is 14.5 Å². The van der Waals surface area contributed by atoms with Crippen molar-refractivity contribution in [2.24, 2.45) is 0 Å². The number of anilines is 3. The van der Waals surface area contributed by atoms with Crippen molar-refractivity contribution >= 4 is 29.0 Å². The fraction of sp³-hybridized carbons (Fsp3) is 0.367. The van der Waals surface area contributed by atoms with Crippen molar-refractivity contribution in [3.05, 3.63) is 53.7 Å². The normalized spacial score (nSPS) is 18.7. The van der Waals surface area contributed by atoms with Crippen molar-refractivity contribution in [2.45, 2.75) is 37.9 Å². The summed E-state index contributed by atoms with van der Waals surface area (Å²) in [6.45, 7) is 4.60. The molecule has 0 spiro atoms. The number of methoxy groups -OCH3 is 1. The summed E-state index contributed by atoms with van der Waals surface area (Å²) in [6, 6.07) is 7.43. The summed E-state index contributed by atoms with van der Waals surface area (Å²) in [5.74, 6) is -3.52. The van der Waals surface area contributed by atoms with Gasteiger partial charge in [-0.2, -0.15) is 0 Å². The topological polar surface area (TPSA) is 156 Å². The van der Waals surface area contributed by atoms with Gasteiger partial charge in [-0.1, -0.05) is 6.42 Å². The molecule has 17 heteroatoms. The number of halogens is 4. The summed E-state index contributed by atoms with van der Waals surface area (Å²) < 4.78 is 81.6. The molecule has 47 heavy (non-hydrogen) atoms. The number of nitrogens with two attached hydrogens (primary N) is 1. The molecule has 4 aliphatic rings. The molecule has 5 heterocycles. The molecule has 0 saturated carbocycles. The second-order valence-electron chi connectivity index (χ2n) is 10.8. The highest BCUT2D eigenvalue weighted by molar-refractivity contribution is 6.15. The summed E-state index contributed by atoms with van der Waals surface area (Å²) in [7, 11) is 1.29. The molecule has 4 aliphatic heterocycles. The Morgan fingerprint density at radius 2 is 1.51 bits per heavy atom. The largest absolute Gasteiger partial charge is 0.586 e. The highest BCUT2D eigenvalue weighted by Gasteiger charge is 2.45. The molecule has 0 atom stereocenters. The van der Waals surface area contributed by atoms with Gasteiger partial charge < -0.3 is 44.8 Å². The molecule has 0 radical (unpaired) electrons. The molecule has 4 N–H and O–H groups in total. The lowest BCUT2D eigenvalue weighted by Gasteiger charge is -2.39. The number of nitrogen functional groups attached to an aromatic ring is 1. The Kier molecular flexibility index (Phi) is 8.59. The molecule has 7 rings (SSSR count). The summed E-state index contributed by atoms with van der Waals surface area (Å²) in [4.78, 5) is 32.5. The minimum atomic E-state index is -4.02. The van der Waals surface area contributed by atoms with Gasteiger partial charge in [0.1, 0.15) is 17.1 Å². The molecule has 3 aromatic rings. The van der Waals surface area contributed by atoms with E-state index in [0.29, 0.717) is 0 Å². The Labute approximate surface area is 264 Å². The van der Waals surface area contributed by atoms with Crippen LogP contribution in [0.25, 0.3) is 0 Å². The van der Waals surface area contributed by atoms with Crippen molar-refractivity contribution in [1.82, 2.24) is 9.88 Å². The lowest BCUT2D eigenvalue weighted by atomic mass is 10.1. The molecule has 2 amide bonds. The van der Waals surface area contributed by atoms with Crippen LogP contribution in [0.15, 0.2) is 42.6 Å². The molecule has 13 nitrogen and oxygen atoms in total. The number of rotatable bonds is 6. The molecule has 0 bridgehead atoms. The van der Waals surface area contributed by atoms with Crippen LogP contribution in [0.1, 0.15) is 40.0 Å². The number of carbonyl (C=O) groups is 2. The molecular weight excluding hydrogens is 634 g/mol. The van der Waals surface area contributed by atoms with Crippen molar-refractivity contribution in [3.63, 3.8) is 0 Å². The number of piperidine rings is 1. The average molecular weight is 664 g/mol. The summed E-state index contributed by atoms with van der Waals surface area (Å²) in [5, 5.41) is 4.79. The van der Waals surface area contributed by atoms with Gasteiger partial charge in [-0.15, -0.1) is 17.6 Å². The van der Waals surface area contributed by atoms with E-state index >= 15 is 0 Å². The average Bonchev–Trinajstić information content (AvgIpc) is 3.47. The molecule has 0 unspecified atom stereocenters. The fourth-order valence-corrected chi connectivity index (χ4v) is 5.27. The van der Waals surface area contributed by atoms with Gasteiger partial charge in [0, 0.05) is 24.0 Å². The van der Waals surface area contributed by atoms with E-state index in [2.05, 4.69) is 39.5 Å². The van der Waals surface area contributed by atoms with Crippen LogP contribution < -0.4 is 40.1 Å². The van der Waals surface area contributed by atoms with Gasteiger partial charge in [0.2, 0.25) is 0 Å². The van der Waals surface area contributed by atoms with Crippen LogP contribution in [0.5, 0.6) is 28.7 Å². The maximum absolute atomic E-state index is 13.7. The van der Waals surface area contributed by atoms with E-state index < -0.39 is 35.9 Å². The van der Waals surface area contributed by atoms with Crippen LogP contribution in [0.2, 0.25) is 0 Å². The molecule has 250 valence electrons. The number of fused-ring (bicyclic) bond motifs is 2. The number of ether oxygens (including phenoxy) is 6. The van der Waals surface area contributed by atoms with E-state index in [1.54, 1.807) is 0 Å². The van der Waals surface area contributed by atoms with Crippen molar-refractivity contribution in [2.75, 3.05) is 49.8 Å². The van der Waals surface area contributed by atoms with Gasteiger partial charge in [0.25, 0.3) is 11.8 Å². The molecule has 2 fully saturated rings. The number of amides is 2. The summed E-state index contributed by atoms with van der Waals surface area (Å²) in [5.41, 5.74) is 4.97.